The first-order valence-corrected chi connectivity index (χ1v) is 11.3. The molecule has 0 aliphatic heterocycles. The van der Waals surface area contributed by atoms with Crippen LogP contribution in [0.4, 0.5) is 22.5 Å². The van der Waals surface area contributed by atoms with Crippen LogP contribution in [0.15, 0.2) is 54.7 Å². The number of aliphatic hydroxyl groups excluding tert-OH is 1. The van der Waals surface area contributed by atoms with Crippen molar-refractivity contribution >= 4 is 44.1 Å². The molecule has 0 spiro atoms. The van der Waals surface area contributed by atoms with Gasteiger partial charge < -0.3 is 20.6 Å². The zero-order valence-corrected chi connectivity index (χ0v) is 19.6. The molecule has 4 rings (SSSR count). The van der Waals surface area contributed by atoms with Crippen LogP contribution in [0.25, 0.3) is 10.3 Å². The van der Waals surface area contributed by atoms with E-state index in [1.807, 2.05) is 45.2 Å². The van der Waals surface area contributed by atoms with E-state index >= 15 is 0 Å². The van der Waals surface area contributed by atoms with Crippen molar-refractivity contribution in [1.29, 1.82) is 0 Å². The van der Waals surface area contributed by atoms with Gasteiger partial charge in [-0.2, -0.15) is 0 Å². The summed E-state index contributed by atoms with van der Waals surface area (Å²) in [4.78, 5) is 16.8. The van der Waals surface area contributed by atoms with Crippen LogP contribution < -0.4 is 15.5 Å². The zero-order chi connectivity index (χ0) is 22.7. The molecule has 0 radical (unpaired) electrons. The molecule has 8 heteroatoms. The van der Waals surface area contributed by atoms with Gasteiger partial charge in [-0.3, -0.25) is 0 Å². The fourth-order valence-corrected chi connectivity index (χ4v) is 3.95. The molecular formula is C24H28N6OS. The molecule has 3 N–H and O–H groups in total. The molecule has 0 amide bonds. The number of nitrogens with one attached hydrogen (secondary N) is 2. The number of hydrogen-bond acceptors (Lipinski definition) is 8. The third-order valence-corrected chi connectivity index (χ3v) is 6.11. The van der Waals surface area contributed by atoms with E-state index in [4.69, 9.17) is 4.98 Å². The summed E-state index contributed by atoms with van der Waals surface area (Å²) in [7, 11) is 2.01. The van der Waals surface area contributed by atoms with Gasteiger partial charge in [-0.1, -0.05) is 29.0 Å². The fourth-order valence-electron chi connectivity index (χ4n) is 3.11. The highest BCUT2D eigenvalue weighted by Crippen LogP contribution is 2.30. The first-order valence-electron chi connectivity index (χ1n) is 10.5. The molecule has 166 valence electrons. The van der Waals surface area contributed by atoms with E-state index in [0.717, 1.165) is 38.4 Å². The largest absolute Gasteiger partial charge is 0.394 e. The second-order valence-corrected chi connectivity index (χ2v) is 9.45. The predicted octanol–water partition coefficient (Wildman–Crippen LogP) is 4.77. The molecule has 0 unspecified atom stereocenters. The van der Waals surface area contributed by atoms with Crippen LogP contribution in [0, 0.1) is 6.92 Å². The Balaban J connectivity index is 1.50. The van der Waals surface area contributed by atoms with Crippen molar-refractivity contribution in [2.45, 2.75) is 32.9 Å². The molecule has 7 nitrogen and oxygen atoms in total. The summed E-state index contributed by atoms with van der Waals surface area (Å²) >= 11 is 1.50. The van der Waals surface area contributed by atoms with Crippen LogP contribution in [-0.2, 0) is 6.54 Å². The number of aliphatic hydroxyl groups is 1. The number of nitrogens with zero attached hydrogens (tertiary/aromatic N) is 4. The number of pyridine rings is 2. The van der Waals surface area contributed by atoms with Crippen LogP contribution in [0.5, 0.6) is 0 Å². The fraction of sp³-hybridized carbons (Fsp3) is 0.292. The summed E-state index contributed by atoms with van der Waals surface area (Å²) in [5, 5.41) is 16.8. The number of aryl methyl sites for hydroxylation is 1. The van der Waals surface area contributed by atoms with Gasteiger partial charge in [0.05, 0.1) is 6.61 Å². The first-order chi connectivity index (χ1) is 15.3. The Morgan fingerprint density at radius 2 is 1.84 bits per heavy atom. The standard InChI is InChI=1S/C24H28N6OS/c1-16-5-7-18(8-6-16)30(4)21-10-9-19-22(29-21)32-23(27-19)28-20-13-17(11-12-25-20)14-26-24(2,3)15-31/h5-13,26,31H,14-15H2,1-4H3,(H,25,27,28). The van der Waals surface area contributed by atoms with Crippen molar-refractivity contribution in [1.82, 2.24) is 20.3 Å². The second kappa shape index (κ2) is 9.20. The van der Waals surface area contributed by atoms with E-state index in [1.54, 1.807) is 6.20 Å². The Kier molecular flexibility index (Phi) is 6.36. The normalized spacial score (nSPS) is 11.7. The lowest BCUT2D eigenvalue weighted by Crippen LogP contribution is -2.42. The van der Waals surface area contributed by atoms with Crippen molar-refractivity contribution < 1.29 is 5.11 Å². The second-order valence-electron chi connectivity index (χ2n) is 8.48. The van der Waals surface area contributed by atoms with Gasteiger partial charge >= 0.3 is 0 Å². The molecule has 3 heterocycles. The number of benzene rings is 1. The third kappa shape index (κ3) is 5.21. The van der Waals surface area contributed by atoms with Crippen LogP contribution in [0.3, 0.4) is 0 Å². The van der Waals surface area contributed by atoms with Gasteiger partial charge in [0.15, 0.2) is 5.13 Å². The van der Waals surface area contributed by atoms with Gasteiger partial charge in [0.1, 0.15) is 22.0 Å². The summed E-state index contributed by atoms with van der Waals surface area (Å²) in [5.41, 5.74) is 3.91. The van der Waals surface area contributed by atoms with Crippen molar-refractivity contribution in [3.63, 3.8) is 0 Å². The smallest absolute Gasteiger partial charge is 0.190 e. The Hall–Kier alpha value is -3.07. The number of aromatic nitrogens is 3. The molecule has 0 aliphatic carbocycles. The highest BCUT2D eigenvalue weighted by molar-refractivity contribution is 7.21. The monoisotopic (exact) mass is 448 g/mol. The van der Waals surface area contributed by atoms with Gasteiger partial charge in [-0.15, -0.1) is 0 Å². The Labute approximate surface area is 192 Å². The molecule has 1 aromatic carbocycles. The first kappa shape index (κ1) is 22.1. The van der Waals surface area contributed by atoms with E-state index in [-0.39, 0.29) is 12.1 Å². The highest BCUT2D eigenvalue weighted by Gasteiger charge is 2.15. The minimum Gasteiger partial charge on any atom is -0.394 e. The van der Waals surface area contributed by atoms with Crippen molar-refractivity contribution in [2.24, 2.45) is 0 Å². The molecule has 0 fully saturated rings. The molecule has 0 bridgehead atoms. The minimum atomic E-state index is -0.334. The van der Waals surface area contributed by atoms with Gasteiger partial charge in [0, 0.05) is 31.0 Å². The Morgan fingerprint density at radius 1 is 1.06 bits per heavy atom. The predicted molar refractivity (Wildman–Crippen MR) is 132 cm³/mol. The van der Waals surface area contributed by atoms with Gasteiger partial charge in [-0.05, 0) is 62.7 Å². The van der Waals surface area contributed by atoms with Gasteiger partial charge in [0.25, 0.3) is 0 Å². The maximum Gasteiger partial charge on any atom is 0.190 e. The van der Waals surface area contributed by atoms with Crippen LogP contribution in [0.1, 0.15) is 25.0 Å². The lowest BCUT2D eigenvalue weighted by Gasteiger charge is -2.23. The summed E-state index contributed by atoms with van der Waals surface area (Å²) in [6.07, 6.45) is 1.77. The lowest BCUT2D eigenvalue weighted by atomic mass is 10.1. The van der Waals surface area contributed by atoms with E-state index < -0.39 is 0 Å². The summed E-state index contributed by atoms with van der Waals surface area (Å²) in [6.45, 7) is 6.72. The van der Waals surface area contributed by atoms with Crippen molar-refractivity contribution in [3.05, 3.63) is 65.9 Å². The number of rotatable bonds is 8. The van der Waals surface area contributed by atoms with E-state index in [9.17, 15) is 5.11 Å². The zero-order valence-electron chi connectivity index (χ0n) is 18.8. The van der Waals surface area contributed by atoms with Crippen molar-refractivity contribution in [2.75, 3.05) is 23.9 Å². The summed E-state index contributed by atoms with van der Waals surface area (Å²) in [6, 6.07) is 16.3. The minimum absolute atomic E-state index is 0.0724. The number of hydrogen-bond donors (Lipinski definition) is 3. The number of fused-ring (bicyclic) bond motifs is 1. The maximum atomic E-state index is 9.42. The van der Waals surface area contributed by atoms with E-state index in [2.05, 4.69) is 56.7 Å². The van der Waals surface area contributed by atoms with Crippen molar-refractivity contribution in [3.8, 4) is 0 Å². The van der Waals surface area contributed by atoms with Crippen LogP contribution >= 0.6 is 11.3 Å². The average molecular weight is 449 g/mol. The van der Waals surface area contributed by atoms with Crippen LogP contribution in [0.2, 0.25) is 0 Å². The van der Waals surface area contributed by atoms with Crippen LogP contribution in [-0.4, -0.2) is 39.3 Å². The molecule has 4 aromatic rings. The number of thiazole rings is 1. The molecule has 3 aromatic heterocycles. The SMILES string of the molecule is Cc1ccc(N(C)c2ccc3nc(Nc4cc(CNC(C)(C)CO)ccn4)sc3n2)cc1. The Morgan fingerprint density at radius 3 is 2.59 bits per heavy atom. The number of anilines is 4. The molecule has 32 heavy (non-hydrogen) atoms. The summed E-state index contributed by atoms with van der Waals surface area (Å²) in [5.74, 6) is 1.59. The summed E-state index contributed by atoms with van der Waals surface area (Å²) < 4.78 is 0. The Bertz CT molecular complexity index is 1200. The molecule has 0 aliphatic rings. The molecule has 0 saturated carbocycles. The molecule has 0 saturated heterocycles. The molecule has 0 atom stereocenters. The highest BCUT2D eigenvalue weighted by atomic mass is 32.1. The quantitative estimate of drug-likeness (QED) is 0.358. The lowest BCUT2D eigenvalue weighted by molar-refractivity contribution is 0.187. The van der Waals surface area contributed by atoms with Gasteiger partial charge in [0.2, 0.25) is 0 Å². The van der Waals surface area contributed by atoms with Gasteiger partial charge in [-0.25, -0.2) is 15.0 Å². The van der Waals surface area contributed by atoms with E-state index in [1.165, 1.54) is 16.9 Å². The topological polar surface area (TPSA) is 86.2 Å². The average Bonchev–Trinajstić information content (AvgIpc) is 3.19. The third-order valence-electron chi connectivity index (χ3n) is 5.23. The van der Waals surface area contributed by atoms with E-state index in [0.29, 0.717) is 6.54 Å². The molecular weight excluding hydrogens is 420 g/mol. The maximum absolute atomic E-state index is 9.42.